The first-order valence-corrected chi connectivity index (χ1v) is 10.1. The second-order valence-electron chi connectivity index (χ2n) is 6.71. The molecule has 1 aliphatic heterocycles. The summed E-state index contributed by atoms with van der Waals surface area (Å²) in [6, 6.07) is 16.3. The van der Waals surface area contributed by atoms with Crippen LogP contribution in [0.1, 0.15) is 10.4 Å². The van der Waals surface area contributed by atoms with E-state index in [0.29, 0.717) is 27.6 Å². The number of ether oxygens (including phenoxy) is 2. The molecule has 2 aromatic carbocycles. The maximum atomic E-state index is 13.5. The van der Waals surface area contributed by atoms with Crippen molar-refractivity contribution in [3.63, 3.8) is 0 Å². The van der Waals surface area contributed by atoms with Crippen LogP contribution >= 0.6 is 11.3 Å². The first-order chi connectivity index (χ1) is 14.5. The summed E-state index contributed by atoms with van der Waals surface area (Å²) < 4.78 is 10.7. The van der Waals surface area contributed by atoms with E-state index in [1.54, 1.807) is 18.2 Å². The molecule has 30 heavy (non-hydrogen) atoms. The van der Waals surface area contributed by atoms with Crippen molar-refractivity contribution in [3.8, 4) is 11.5 Å². The Kier molecular flexibility index (Phi) is 5.29. The Labute approximate surface area is 178 Å². The Bertz CT molecular complexity index is 1150. The zero-order chi connectivity index (χ0) is 21.3. The van der Waals surface area contributed by atoms with Gasteiger partial charge < -0.3 is 14.8 Å². The van der Waals surface area contributed by atoms with Gasteiger partial charge in [0.1, 0.15) is 17.2 Å². The fourth-order valence-corrected chi connectivity index (χ4v) is 4.12. The molecule has 0 bridgehead atoms. The van der Waals surface area contributed by atoms with Gasteiger partial charge in [0.25, 0.3) is 11.8 Å². The molecule has 3 aromatic rings. The highest BCUT2D eigenvalue weighted by molar-refractivity contribution is 7.11. The van der Waals surface area contributed by atoms with E-state index in [-0.39, 0.29) is 5.70 Å². The summed E-state index contributed by atoms with van der Waals surface area (Å²) in [6.07, 6.45) is 0. The van der Waals surface area contributed by atoms with Gasteiger partial charge in [-0.2, -0.15) is 0 Å². The van der Waals surface area contributed by atoms with Gasteiger partial charge in [-0.25, -0.2) is 4.90 Å². The van der Waals surface area contributed by atoms with Gasteiger partial charge in [-0.3, -0.25) is 9.59 Å². The van der Waals surface area contributed by atoms with Gasteiger partial charge in [-0.15, -0.1) is 11.3 Å². The molecule has 0 radical (unpaired) electrons. The summed E-state index contributed by atoms with van der Waals surface area (Å²) in [7, 11) is 3.02. The summed E-state index contributed by atoms with van der Waals surface area (Å²) in [5.41, 5.74) is 2.68. The summed E-state index contributed by atoms with van der Waals surface area (Å²) in [4.78, 5) is 28.8. The molecule has 2 heterocycles. The summed E-state index contributed by atoms with van der Waals surface area (Å²) in [6.45, 7) is 1.97. The molecule has 0 unspecified atom stereocenters. The van der Waals surface area contributed by atoms with Crippen LogP contribution in [0.5, 0.6) is 11.5 Å². The van der Waals surface area contributed by atoms with Crippen molar-refractivity contribution in [2.75, 3.05) is 24.4 Å². The van der Waals surface area contributed by atoms with Crippen molar-refractivity contribution < 1.29 is 19.1 Å². The van der Waals surface area contributed by atoms with Crippen molar-refractivity contribution >= 4 is 40.1 Å². The van der Waals surface area contributed by atoms with Crippen LogP contribution in [0.15, 0.2) is 65.7 Å². The Morgan fingerprint density at radius 1 is 0.933 bits per heavy atom. The number of anilines is 2. The maximum Gasteiger partial charge on any atom is 0.282 e. The molecular weight excluding hydrogens is 400 g/mol. The van der Waals surface area contributed by atoms with Gasteiger partial charge in [-0.05, 0) is 48.2 Å². The fourth-order valence-electron chi connectivity index (χ4n) is 3.35. The molecule has 6 nitrogen and oxygen atoms in total. The molecule has 1 N–H and O–H groups in total. The molecule has 1 aliphatic rings. The minimum Gasteiger partial charge on any atom is -0.497 e. The van der Waals surface area contributed by atoms with E-state index in [1.807, 2.05) is 48.7 Å². The van der Waals surface area contributed by atoms with Crippen LogP contribution in [0.4, 0.5) is 11.4 Å². The third-order valence-corrected chi connectivity index (χ3v) is 5.65. The van der Waals surface area contributed by atoms with E-state index in [9.17, 15) is 9.59 Å². The smallest absolute Gasteiger partial charge is 0.282 e. The third-order valence-electron chi connectivity index (χ3n) is 4.77. The SMILES string of the molecule is COc1ccc(OC)c(N2C(=O)C(Nc3cccc(C)c3)=C(c3cccs3)C2=O)c1. The monoisotopic (exact) mass is 420 g/mol. The maximum absolute atomic E-state index is 13.5. The lowest BCUT2D eigenvalue weighted by atomic mass is 10.1. The number of nitrogens with one attached hydrogen (secondary N) is 1. The van der Waals surface area contributed by atoms with Gasteiger partial charge >= 0.3 is 0 Å². The number of hydrogen-bond donors (Lipinski definition) is 1. The van der Waals surface area contributed by atoms with Gasteiger partial charge in [0, 0.05) is 16.6 Å². The van der Waals surface area contributed by atoms with E-state index in [1.165, 1.54) is 25.6 Å². The third kappa shape index (κ3) is 3.44. The molecule has 0 aliphatic carbocycles. The van der Waals surface area contributed by atoms with Gasteiger partial charge in [0.15, 0.2) is 0 Å². The van der Waals surface area contributed by atoms with E-state index in [4.69, 9.17) is 9.47 Å². The van der Waals surface area contributed by atoms with Crippen molar-refractivity contribution in [2.45, 2.75) is 6.92 Å². The first-order valence-electron chi connectivity index (χ1n) is 9.26. The Hall–Kier alpha value is -3.58. The van der Waals surface area contributed by atoms with Gasteiger partial charge in [0.2, 0.25) is 0 Å². The highest BCUT2D eigenvalue weighted by Gasteiger charge is 2.42. The lowest BCUT2D eigenvalue weighted by molar-refractivity contribution is -0.120. The van der Waals surface area contributed by atoms with Crippen LogP contribution in [-0.4, -0.2) is 26.0 Å². The number of nitrogens with zero attached hydrogens (tertiary/aromatic N) is 1. The number of methoxy groups -OCH3 is 2. The number of amides is 2. The lowest BCUT2D eigenvalue weighted by Crippen LogP contribution is -2.32. The number of hydrogen-bond acceptors (Lipinski definition) is 6. The van der Waals surface area contributed by atoms with Crippen LogP contribution in [-0.2, 0) is 9.59 Å². The van der Waals surface area contributed by atoms with Gasteiger partial charge in [-0.1, -0.05) is 18.2 Å². The minimum atomic E-state index is -0.448. The molecule has 0 fully saturated rings. The summed E-state index contributed by atoms with van der Waals surface area (Å²) >= 11 is 1.40. The van der Waals surface area contributed by atoms with E-state index in [0.717, 1.165) is 16.2 Å². The molecule has 0 saturated carbocycles. The zero-order valence-corrected chi connectivity index (χ0v) is 17.6. The summed E-state index contributed by atoms with van der Waals surface area (Å²) in [5.74, 6) is 0.0598. The number of thiophene rings is 1. The molecule has 0 atom stereocenters. The first kappa shape index (κ1) is 19.7. The standard InChI is InChI=1S/C23H20N2O4S/c1-14-6-4-7-15(12-14)24-21-20(19-8-5-11-30-19)22(26)25(23(21)27)17-13-16(28-2)9-10-18(17)29-3/h4-13,24H,1-3H3. The second kappa shape index (κ2) is 8.04. The average molecular weight is 420 g/mol. The highest BCUT2D eigenvalue weighted by Crippen LogP contribution is 2.40. The number of rotatable bonds is 6. The fraction of sp³-hybridized carbons (Fsp3) is 0.130. The predicted molar refractivity (Wildman–Crippen MR) is 118 cm³/mol. The van der Waals surface area contributed by atoms with E-state index in [2.05, 4.69) is 5.32 Å². The lowest BCUT2D eigenvalue weighted by Gasteiger charge is -2.19. The molecule has 0 saturated heterocycles. The molecule has 7 heteroatoms. The molecule has 2 amide bonds. The Morgan fingerprint density at radius 2 is 1.77 bits per heavy atom. The number of aryl methyl sites for hydroxylation is 1. The second-order valence-corrected chi connectivity index (χ2v) is 7.65. The van der Waals surface area contributed by atoms with Crippen LogP contribution in [0, 0.1) is 6.92 Å². The van der Waals surface area contributed by atoms with Crippen LogP contribution < -0.4 is 19.7 Å². The molecular formula is C23H20N2O4S. The Balaban J connectivity index is 1.83. The number of benzene rings is 2. The predicted octanol–water partition coefficient (Wildman–Crippen LogP) is 4.47. The van der Waals surface area contributed by atoms with Gasteiger partial charge in [0.05, 0.1) is 25.5 Å². The number of carbonyl (C=O) groups is 2. The largest absolute Gasteiger partial charge is 0.497 e. The summed E-state index contributed by atoms with van der Waals surface area (Å²) in [5, 5.41) is 5.04. The molecule has 152 valence electrons. The molecule has 0 spiro atoms. The van der Waals surface area contributed by atoms with Crippen molar-refractivity contribution in [2.24, 2.45) is 0 Å². The normalized spacial score (nSPS) is 13.8. The van der Waals surface area contributed by atoms with Crippen LogP contribution in [0.3, 0.4) is 0 Å². The highest BCUT2D eigenvalue weighted by atomic mass is 32.1. The average Bonchev–Trinajstić information content (AvgIpc) is 3.34. The van der Waals surface area contributed by atoms with Crippen molar-refractivity contribution in [1.82, 2.24) is 0 Å². The zero-order valence-electron chi connectivity index (χ0n) is 16.8. The number of imide groups is 1. The van der Waals surface area contributed by atoms with E-state index < -0.39 is 11.8 Å². The van der Waals surface area contributed by atoms with Crippen molar-refractivity contribution in [3.05, 3.63) is 76.1 Å². The minimum absolute atomic E-state index is 0.234. The van der Waals surface area contributed by atoms with Crippen LogP contribution in [0.25, 0.3) is 5.57 Å². The number of carbonyl (C=O) groups excluding carboxylic acids is 2. The topological polar surface area (TPSA) is 67.9 Å². The molecule has 1 aromatic heterocycles. The van der Waals surface area contributed by atoms with Crippen LogP contribution in [0.2, 0.25) is 0 Å². The molecule has 4 rings (SSSR count). The van der Waals surface area contributed by atoms with E-state index >= 15 is 0 Å². The quantitative estimate of drug-likeness (QED) is 0.596. The van der Waals surface area contributed by atoms with Crippen molar-refractivity contribution in [1.29, 1.82) is 0 Å². The Morgan fingerprint density at radius 3 is 2.43 bits per heavy atom.